The second-order valence-corrected chi connectivity index (χ2v) is 5.41. The summed E-state index contributed by atoms with van der Waals surface area (Å²) in [6, 6.07) is 13.6. The zero-order valence-corrected chi connectivity index (χ0v) is 12.5. The number of hydrogen-bond acceptors (Lipinski definition) is 2. The lowest BCUT2D eigenvalue weighted by Gasteiger charge is -2.26. The first kappa shape index (κ1) is 14.6. The smallest absolute Gasteiger partial charge is 0.258 e. The molecule has 0 saturated carbocycles. The van der Waals surface area contributed by atoms with Crippen LogP contribution in [-0.4, -0.2) is 24.5 Å². The van der Waals surface area contributed by atoms with E-state index in [0.717, 1.165) is 18.4 Å². The molecule has 1 aliphatic rings. The van der Waals surface area contributed by atoms with Crippen molar-refractivity contribution in [3.63, 3.8) is 0 Å². The molecule has 0 aromatic heterocycles. The van der Waals surface area contributed by atoms with Crippen molar-refractivity contribution in [3.05, 3.63) is 65.5 Å². The highest BCUT2D eigenvalue weighted by Gasteiger charge is 2.31. The van der Waals surface area contributed by atoms with Gasteiger partial charge in [0.2, 0.25) is 0 Å². The second kappa shape index (κ2) is 6.18. The Bertz CT molecular complexity index is 669. The standard InChI is InChI=1S/C18H18FNO2/c1-22-17-7-3-2-5-15(17)18(21)20-12-4-6-16(20)13-8-10-14(19)11-9-13/h2-3,5,7-11,16H,4,6,12H2,1H3/t16-/m1/s1. The van der Waals surface area contributed by atoms with Gasteiger partial charge >= 0.3 is 0 Å². The van der Waals surface area contributed by atoms with Crippen molar-refractivity contribution in [2.45, 2.75) is 18.9 Å². The zero-order chi connectivity index (χ0) is 15.5. The third-order valence-corrected chi connectivity index (χ3v) is 4.11. The van der Waals surface area contributed by atoms with Crippen LogP contribution in [0.2, 0.25) is 0 Å². The van der Waals surface area contributed by atoms with E-state index in [4.69, 9.17) is 4.74 Å². The van der Waals surface area contributed by atoms with Gasteiger partial charge < -0.3 is 9.64 Å². The van der Waals surface area contributed by atoms with Gasteiger partial charge in [-0.3, -0.25) is 4.79 Å². The minimum absolute atomic E-state index is 0.00184. The normalized spacial score (nSPS) is 17.5. The molecule has 3 nitrogen and oxygen atoms in total. The van der Waals surface area contributed by atoms with Crippen LogP contribution in [0.4, 0.5) is 4.39 Å². The molecule has 1 saturated heterocycles. The van der Waals surface area contributed by atoms with Crippen molar-refractivity contribution in [2.75, 3.05) is 13.7 Å². The Morgan fingerprint density at radius 1 is 1.18 bits per heavy atom. The van der Waals surface area contributed by atoms with Crippen LogP contribution in [0, 0.1) is 5.82 Å². The minimum atomic E-state index is -0.260. The van der Waals surface area contributed by atoms with Gasteiger partial charge in [0.1, 0.15) is 11.6 Å². The summed E-state index contributed by atoms with van der Waals surface area (Å²) in [5, 5.41) is 0. The lowest BCUT2D eigenvalue weighted by molar-refractivity contribution is 0.0732. The van der Waals surface area contributed by atoms with Crippen molar-refractivity contribution >= 4 is 5.91 Å². The highest BCUT2D eigenvalue weighted by molar-refractivity contribution is 5.97. The van der Waals surface area contributed by atoms with Gasteiger partial charge in [-0.05, 0) is 42.7 Å². The Kier molecular flexibility index (Phi) is 4.09. The van der Waals surface area contributed by atoms with E-state index in [1.54, 1.807) is 31.4 Å². The summed E-state index contributed by atoms with van der Waals surface area (Å²) in [5.74, 6) is 0.283. The van der Waals surface area contributed by atoms with Crippen LogP contribution in [0.3, 0.4) is 0 Å². The number of para-hydroxylation sites is 1. The maximum absolute atomic E-state index is 13.1. The van der Waals surface area contributed by atoms with Gasteiger partial charge in [-0.2, -0.15) is 0 Å². The predicted octanol–water partition coefficient (Wildman–Crippen LogP) is 3.81. The predicted molar refractivity (Wildman–Crippen MR) is 82.4 cm³/mol. The van der Waals surface area contributed by atoms with Crippen LogP contribution in [-0.2, 0) is 0 Å². The molecule has 0 N–H and O–H groups in total. The fraction of sp³-hybridized carbons (Fsp3) is 0.278. The number of hydrogen-bond donors (Lipinski definition) is 0. The van der Waals surface area contributed by atoms with Crippen LogP contribution in [0.5, 0.6) is 5.75 Å². The average Bonchev–Trinajstić information content (AvgIpc) is 3.04. The van der Waals surface area contributed by atoms with E-state index in [2.05, 4.69) is 0 Å². The number of nitrogens with zero attached hydrogens (tertiary/aromatic N) is 1. The number of rotatable bonds is 3. The van der Waals surface area contributed by atoms with E-state index in [1.807, 2.05) is 17.0 Å². The number of amides is 1. The summed E-state index contributed by atoms with van der Waals surface area (Å²) in [7, 11) is 1.56. The van der Waals surface area contributed by atoms with Gasteiger partial charge in [0.15, 0.2) is 0 Å². The third-order valence-electron chi connectivity index (χ3n) is 4.11. The quantitative estimate of drug-likeness (QED) is 0.862. The molecule has 2 aromatic rings. The molecule has 1 heterocycles. The Labute approximate surface area is 129 Å². The zero-order valence-electron chi connectivity index (χ0n) is 12.5. The summed E-state index contributed by atoms with van der Waals surface area (Å²) in [6.07, 6.45) is 1.84. The SMILES string of the molecule is COc1ccccc1C(=O)N1CCC[C@@H]1c1ccc(F)cc1. The molecule has 22 heavy (non-hydrogen) atoms. The van der Waals surface area contributed by atoms with Crippen LogP contribution in [0.15, 0.2) is 48.5 Å². The number of likely N-dealkylation sites (tertiary alicyclic amines) is 1. The molecule has 0 radical (unpaired) electrons. The summed E-state index contributed by atoms with van der Waals surface area (Å²) >= 11 is 0. The first-order valence-electron chi connectivity index (χ1n) is 7.40. The summed E-state index contributed by atoms with van der Waals surface area (Å²) in [4.78, 5) is 14.7. The molecule has 0 spiro atoms. The largest absolute Gasteiger partial charge is 0.496 e. The Hall–Kier alpha value is -2.36. The van der Waals surface area contributed by atoms with E-state index >= 15 is 0 Å². The van der Waals surface area contributed by atoms with Gasteiger partial charge in [-0.25, -0.2) is 4.39 Å². The van der Waals surface area contributed by atoms with E-state index in [9.17, 15) is 9.18 Å². The molecule has 0 aliphatic carbocycles. The van der Waals surface area contributed by atoms with Crippen molar-refractivity contribution in [2.24, 2.45) is 0 Å². The maximum atomic E-state index is 13.1. The first-order chi connectivity index (χ1) is 10.7. The van der Waals surface area contributed by atoms with Gasteiger partial charge in [-0.15, -0.1) is 0 Å². The topological polar surface area (TPSA) is 29.5 Å². The van der Waals surface area contributed by atoms with Crippen LogP contribution >= 0.6 is 0 Å². The Balaban J connectivity index is 1.89. The molecule has 2 aromatic carbocycles. The molecule has 114 valence electrons. The van der Waals surface area contributed by atoms with Gasteiger partial charge in [0.25, 0.3) is 5.91 Å². The van der Waals surface area contributed by atoms with Gasteiger partial charge in [0, 0.05) is 6.54 Å². The van der Waals surface area contributed by atoms with E-state index < -0.39 is 0 Å². The first-order valence-corrected chi connectivity index (χ1v) is 7.40. The van der Waals surface area contributed by atoms with Crippen LogP contribution < -0.4 is 4.74 Å². The molecule has 1 fully saturated rings. The molecule has 0 unspecified atom stereocenters. The highest BCUT2D eigenvalue weighted by Crippen LogP contribution is 2.34. The summed E-state index contributed by atoms with van der Waals surface area (Å²) < 4.78 is 18.4. The minimum Gasteiger partial charge on any atom is -0.496 e. The number of benzene rings is 2. The number of carbonyl (C=O) groups is 1. The van der Waals surface area contributed by atoms with Crippen LogP contribution in [0.1, 0.15) is 34.8 Å². The average molecular weight is 299 g/mol. The fourth-order valence-electron chi connectivity index (χ4n) is 3.02. The Morgan fingerprint density at radius 2 is 1.91 bits per heavy atom. The van der Waals surface area contributed by atoms with E-state index in [-0.39, 0.29) is 17.8 Å². The number of ether oxygens (including phenoxy) is 1. The molecular formula is C18H18FNO2. The number of halogens is 1. The molecule has 1 atom stereocenters. The van der Waals surface area contributed by atoms with Crippen molar-refractivity contribution in [1.29, 1.82) is 0 Å². The maximum Gasteiger partial charge on any atom is 0.258 e. The van der Waals surface area contributed by atoms with Gasteiger partial charge in [0.05, 0.1) is 18.7 Å². The second-order valence-electron chi connectivity index (χ2n) is 5.41. The van der Waals surface area contributed by atoms with Gasteiger partial charge in [-0.1, -0.05) is 24.3 Å². The molecular weight excluding hydrogens is 281 g/mol. The number of methoxy groups -OCH3 is 1. The summed E-state index contributed by atoms with van der Waals surface area (Å²) in [5.41, 5.74) is 1.54. The Morgan fingerprint density at radius 3 is 2.64 bits per heavy atom. The van der Waals surface area contributed by atoms with Crippen molar-refractivity contribution in [3.8, 4) is 5.75 Å². The fourth-order valence-corrected chi connectivity index (χ4v) is 3.02. The molecule has 3 rings (SSSR count). The lowest BCUT2D eigenvalue weighted by Crippen LogP contribution is -2.30. The van der Waals surface area contributed by atoms with Crippen LogP contribution in [0.25, 0.3) is 0 Å². The highest BCUT2D eigenvalue weighted by atomic mass is 19.1. The molecule has 4 heteroatoms. The monoisotopic (exact) mass is 299 g/mol. The van der Waals surface area contributed by atoms with E-state index in [1.165, 1.54) is 12.1 Å². The number of carbonyl (C=O) groups excluding carboxylic acids is 1. The molecule has 0 bridgehead atoms. The lowest BCUT2D eigenvalue weighted by atomic mass is 10.0. The molecule has 1 aliphatic heterocycles. The van der Waals surface area contributed by atoms with Crippen molar-refractivity contribution in [1.82, 2.24) is 4.90 Å². The third kappa shape index (κ3) is 2.69. The molecule has 1 amide bonds. The van der Waals surface area contributed by atoms with E-state index in [0.29, 0.717) is 17.9 Å². The summed E-state index contributed by atoms with van der Waals surface area (Å²) in [6.45, 7) is 0.707. The van der Waals surface area contributed by atoms with Crippen molar-refractivity contribution < 1.29 is 13.9 Å².